The van der Waals surface area contributed by atoms with Crippen molar-refractivity contribution in [1.82, 2.24) is 4.90 Å². The number of carbonyl (C=O) groups is 2. The fraction of sp³-hybridized carbons (Fsp3) is 0.556. The van der Waals surface area contributed by atoms with Crippen LogP contribution in [-0.2, 0) is 19.1 Å². The maximum atomic E-state index is 12.3. The summed E-state index contributed by atoms with van der Waals surface area (Å²) in [5.41, 5.74) is 0.753. The van der Waals surface area contributed by atoms with Crippen LogP contribution in [0.2, 0.25) is 0 Å². The van der Waals surface area contributed by atoms with Crippen molar-refractivity contribution in [3.8, 4) is 0 Å². The van der Waals surface area contributed by atoms with Crippen LogP contribution in [0.3, 0.4) is 0 Å². The predicted octanol–water partition coefficient (Wildman–Crippen LogP) is 2.39. The third kappa shape index (κ3) is 6.02. The summed E-state index contributed by atoms with van der Waals surface area (Å²) < 4.78 is 11.1. The first-order valence-corrected chi connectivity index (χ1v) is 9.64. The molecule has 7 heteroatoms. The summed E-state index contributed by atoms with van der Waals surface area (Å²) in [6, 6.07) is 7.57. The summed E-state index contributed by atoms with van der Waals surface area (Å²) >= 11 is 1.56. The molecule has 2 atom stereocenters. The van der Waals surface area contributed by atoms with E-state index < -0.39 is 6.10 Å². The quantitative estimate of drug-likeness (QED) is 0.716. The topological polar surface area (TPSA) is 67.9 Å². The third-order valence-corrected chi connectivity index (χ3v) is 4.84. The molecule has 1 aliphatic rings. The lowest BCUT2D eigenvalue weighted by atomic mass is 10.2. The predicted molar refractivity (Wildman–Crippen MR) is 98.9 cm³/mol. The zero-order valence-corrected chi connectivity index (χ0v) is 15.8. The Morgan fingerprint density at radius 1 is 1.44 bits per heavy atom. The van der Waals surface area contributed by atoms with Crippen LogP contribution in [0.1, 0.15) is 19.8 Å². The van der Waals surface area contributed by atoms with Gasteiger partial charge in [-0.1, -0.05) is 12.1 Å². The number of likely N-dealkylation sites (N-methyl/N-ethyl adjacent to an activating group) is 1. The molecule has 6 nitrogen and oxygen atoms in total. The number of rotatable bonds is 8. The average molecular weight is 366 g/mol. The van der Waals surface area contributed by atoms with E-state index >= 15 is 0 Å². The van der Waals surface area contributed by atoms with Crippen LogP contribution in [0.4, 0.5) is 5.69 Å². The number of anilines is 1. The Morgan fingerprint density at radius 2 is 2.20 bits per heavy atom. The fourth-order valence-electron chi connectivity index (χ4n) is 2.64. The molecule has 1 aliphatic heterocycles. The Hall–Kier alpha value is -1.57. The van der Waals surface area contributed by atoms with Gasteiger partial charge < -0.3 is 19.7 Å². The van der Waals surface area contributed by atoms with Gasteiger partial charge in [0.2, 0.25) is 5.91 Å². The Morgan fingerprint density at radius 3 is 2.88 bits per heavy atom. The number of nitrogens with one attached hydrogen (secondary N) is 1. The van der Waals surface area contributed by atoms with E-state index in [0.29, 0.717) is 6.61 Å². The molecule has 1 aromatic rings. The lowest BCUT2D eigenvalue weighted by Gasteiger charge is -2.22. The van der Waals surface area contributed by atoms with Gasteiger partial charge in [0.15, 0.2) is 0 Å². The second-order valence-corrected chi connectivity index (χ2v) is 6.90. The van der Waals surface area contributed by atoms with Gasteiger partial charge in [-0.2, -0.15) is 0 Å². The second-order valence-electron chi connectivity index (χ2n) is 6.05. The molecule has 1 heterocycles. The molecule has 0 spiro atoms. The number of carbonyl (C=O) groups excluding carboxylic acids is 2. The fourth-order valence-corrected chi connectivity index (χ4v) is 3.19. The van der Waals surface area contributed by atoms with Crippen LogP contribution in [0.5, 0.6) is 0 Å². The third-order valence-electron chi connectivity index (χ3n) is 4.04. The van der Waals surface area contributed by atoms with Crippen LogP contribution in [0.25, 0.3) is 0 Å². The molecule has 1 fully saturated rings. The van der Waals surface area contributed by atoms with E-state index in [-0.39, 0.29) is 24.5 Å². The van der Waals surface area contributed by atoms with Gasteiger partial charge in [-0.05, 0) is 38.2 Å². The van der Waals surface area contributed by atoms with Crippen LogP contribution in [0.15, 0.2) is 29.2 Å². The van der Waals surface area contributed by atoms with E-state index in [1.807, 2.05) is 30.5 Å². The highest BCUT2D eigenvalue weighted by molar-refractivity contribution is 7.98. The zero-order chi connectivity index (χ0) is 18.2. The van der Waals surface area contributed by atoms with Gasteiger partial charge >= 0.3 is 0 Å². The van der Waals surface area contributed by atoms with Gasteiger partial charge in [0.05, 0.1) is 24.9 Å². The lowest BCUT2D eigenvalue weighted by Crippen LogP contribution is -2.41. The van der Waals surface area contributed by atoms with Crippen molar-refractivity contribution in [2.24, 2.45) is 0 Å². The number of hydrogen-bond acceptors (Lipinski definition) is 5. The van der Waals surface area contributed by atoms with Crippen molar-refractivity contribution in [2.45, 2.75) is 36.9 Å². The van der Waals surface area contributed by atoms with Crippen molar-refractivity contribution in [1.29, 1.82) is 0 Å². The molecule has 0 aromatic heterocycles. The first-order chi connectivity index (χ1) is 12.0. The molecule has 2 rings (SSSR count). The molecule has 138 valence electrons. The maximum Gasteiger partial charge on any atom is 0.251 e. The summed E-state index contributed by atoms with van der Waals surface area (Å²) in [6.45, 7) is 2.85. The molecule has 1 N–H and O–H groups in total. The highest BCUT2D eigenvalue weighted by atomic mass is 32.2. The summed E-state index contributed by atoms with van der Waals surface area (Å²) in [5.74, 6) is -0.449. The number of ether oxygens (including phenoxy) is 2. The number of hydrogen-bond donors (Lipinski definition) is 1. The minimum Gasteiger partial charge on any atom is -0.376 e. The smallest absolute Gasteiger partial charge is 0.251 e. The maximum absolute atomic E-state index is 12.3. The number of benzene rings is 1. The molecule has 1 saturated heterocycles. The molecule has 0 radical (unpaired) electrons. The van der Waals surface area contributed by atoms with Gasteiger partial charge in [-0.15, -0.1) is 11.8 Å². The Labute approximate surface area is 153 Å². The van der Waals surface area contributed by atoms with Gasteiger partial charge in [0, 0.05) is 18.6 Å². The second kappa shape index (κ2) is 9.79. The van der Waals surface area contributed by atoms with Crippen LogP contribution in [-0.4, -0.2) is 62.0 Å². The van der Waals surface area contributed by atoms with E-state index in [1.165, 1.54) is 4.90 Å². The monoisotopic (exact) mass is 366 g/mol. The van der Waals surface area contributed by atoms with Crippen LogP contribution < -0.4 is 5.32 Å². The van der Waals surface area contributed by atoms with Crippen molar-refractivity contribution >= 4 is 29.3 Å². The highest BCUT2D eigenvalue weighted by Gasteiger charge is 2.23. The SMILES string of the molecule is CSc1ccccc1NC(=O)CN(C)C(=O)C(C)OCC1CCCO1. The number of amides is 2. The molecular weight excluding hydrogens is 340 g/mol. The molecule has 1 aromatic carbocycles. The van der Waals surface area contributed by atoms with Crippen molar-refractivity contribution in [3.63, 3.8) is 0 Å². The van der Waals surface area contributed by atoms with E-state index in [4.69, 9.17) is 9.47 Å². The largest absolute Gasteiger partial charge is 0.376 e. The molecule has 0 aliphatic carbocycles. The van der Waals surface area contributed by atoms with E-state index in [9.17, 15) is 9.59 Å². The van der Waals surface area contributed by atoms with Crippen molar-refractivity contribution < 1.29 is 19.1 Å². The summed E-state index contributed by atoms with van der Waals surface area (Å²) in [4.78, 5) is 26.9. The minimum atomic E-state index is -0.597. The van der Waals surface area contributed by atoms with Gasteiger partial charge in [0.1, 0.15) is 6.10 Å². The lowest BCUT2D eigenvalue weighted by molar-refractivity contribution is -0.145. The normalized spacial score (nSPS) is 18.0. The minimum absolute atomic E-state index is 0.0187. The Balaban J connectivity index is 1.79. The summed E-state index contributed by atoms with van der Waals surface area (Å²) in [6.07, 6.45) is 3.43. The standard InChI is InChI=1S/C18H26N2O4S/c1-13(24-12-14-7-6-10-23-14)18(22)20(2)11-17(21)19-15-8-4-5-9-16(15)25-3/h4-5,8-9,13-14H,6-7,10-12H2,1-3H3,(H,19,21). The van der Waals surface area contributed by atoms with Crippen molar-refractivity contribution in [2.75, 3.05) is 38.4 Å². The number of para-hydroxylation sites is 1. The molecule has 2 unspecified atom stereocenters. The number of nitrogens with zero attached hydrogens (tertiary/aromatic N) is 1. The Bertz CT molecular complexity index is 590. The van der Waals surface area contributed by atoms with Crippen molar-refractivity contribution in [3.05, 3.63) is 24.3 Å². The van der Waals surface area contributed by atoms with Crippen LogP contribution >= 0.6 is 11.8 Å². The summed E-state index contributed by atoms with van der Waals surface area (Å²) in [5, 5.41) is 2.85. The molecule has 0 saturated carbocycles. The highest BCUT2D eigenvalue weighted by Crippen LogP contribution is 2.24. The van der Waals surface area contributed by atoms with Gasteiger partial charge in [0.25, 0.3) is 5.91 Å². The molecule has 2 amide bonds. The van der Waals surface area contributed by atoms with E-state index in [1.54, 1.807) is 25.7 Å². The van der Waals surface area contributed by atoms with Gasteiger partial charge in [-0.25, -0.2) is 0 Å². The average Bonchev–Trinajstić information content (AvgIpc) is 3.12. The van der Waals surface area contributed by atoms with Crippen LogP contribution in [0, 0.1) is 0 Å². The summed E-state index contributed by atoms with van der Waals surface area (Å²) in [7, 11) is 1.61. The molecule has 25 heavy (non-hydrogen) atoms. The molecule has 0 bridgehead atoms. The van der Waals surface area contributed by atoms with E-state index in [2.05, 4.69) is 5.32 Å². The Kier molecular flexibility index (Phi) is 7.74. The van der Waals surface area contributed by atoms with E-state index in [0.717, 1.165) is 30.0 Å². The number of thioether (sulfide) groups is 1. The first kappa shape index (κ1) is 19.8. The van der Waals surface area contributed by atoms with Gasteiger partial charge in [-0.3, -0.25) is 9.59 Å². The molecular formula is C18H26N2O4S. The zero-order valence-electron chi connectivity index (χ0n) is 15.0. The first-order valence-electron chi connectivity index (χ1n) is 8.42.